The molecule has 3 aliphatic rings. The van der Waals surface area contributed by atoms with Crippen molar-refractivity contribution in [1.29, 1.82) is 0 Å². The van der Waals surface area contributed by atoms with E-state index < -0.39 is 16.1 Å². The fourth-order valence-corrected chi connectivity index (χ4v) is 6.57. The molecule has 3 atom stereocenters. The zero-order chi connectivity index (χ0) is 23.8. The number of rotatable bonds is 6. The van der Waals surface area contributed by atoms with Gasteiger partial charge in [0.1, 0.15) is 16.7 Å². The molecule has 0 radical (unpaired) electrons. The number of aliphatic hydroxyl groups is 1. The number of sulfonamides is 1. The van der Waals surface area contributed by atoms with Crippen LogP contribution < -0.4 is 4.74 Å². The number of fused-ring (bicyclic) bond motifs is 1. The predicted molar refractivity (Wildman–Crippen MR) is 127 cm³/mol. The second-order valence-electron chi connectivity index (χ2n) is 9.87. The number of carbonyl (C=O) groups excluding carboxylic acids is 1. The van der Waals surface area contributed by atoms with Crippen molar-refractivity contribution in [2.24, 2.45) is 11.8 Å². The molecule has 1 fully saturated rings. The Labute approximate surface area is 197 Å². The van der Waals surface area contributed by atoms with Gasteiger partial charge in [-0.3, -0.25) is 4.79 Å². The lowest BCUT2D eigenvalue weighted by molar-refractivity contribution is -0.132. The first-order valence-corrected chi connectivity index (χ1v) is 13.5. The second kappa shape index (κ2) is 9.76. The molecule has 1 aromatic carbocycles. The van der Waals surface area contributed by atoms with Crippen molar-refractivity contribution in [3.05, 3.63) is 29.8 Å². The molecule has 0 saturated heterocycles. The molecule has 0 spiro atoms. The normalized spacial score (nSPS) is 26.2. The minimum Gasteiger partial charge on any atom is -0.487 e. The number of hydrogen-bond donors (Lipinski definition) is 1. The highest BCUT2D eigenvalue weighted by atomic mass is 32.2. The summed E-state index contributed by atoms with van der Waals surface area (Å²) in [5.41, 5.74) is 2.21. The van der Waals surface area contributed by atoms with Gasteiger partial charge in [0.25, 0.3) is 0 Å². The van der Waals surface area contributed by atoms with Gasteiger partial charge in [-0.1, -0.05) is 19.1 Å². The summed E-state index contributed by atoms with van der Waals surface area (Å²) in [5.74, 6) is 0.400. The molecule has 1 aliphatic heterocycles. The summed E-state index contributed by atoms with van der Waals surface area (Å²) < 4.78 is 35.0. The highest BCUT2D eigenvalue weighted by molar-refractivity contribution is 7.89. The van der Waals surface area contributed by atoms with Crippen LogP contribution in [0.25, 0.3) is 5.57 Å². The fourth-order valence-electron chi connectivity index (χ4n) is 4.75. The maximum atomic E-state index is 13.6. The number of likely N-dealkylation sites (N-methyl/N-ethyl adjacent to an activating group) is 1. The van der Waals surface area contributed by atoms with Crippen molar-refractivity contribution in [3.8, 4) is 5.75 Å². The maximum absolute atomic E-state index is 13.6. The number of allylic oxidation sites excluding steroid dienone is 2. The molecule has 0 bridgehead atoms. The van der Waals surface area contributed by atoms with Crippen LogP contribution in [0.5, 0.6) is 5.75 Å². The SMILES string of the molecule is C[C@@H]1CN([C@H](C)CO)S(=O)(=O)c2ccc(C3=CCCCC3)cc2O[C@H]1CN(C)C(=O)C1CC1. The van der Waals surface area contributed by atoms with Crippen molar-refractivity contribution >= 4 is 21.5 Å². The van der Waals surface area contributed by atoms with Crippen LogP contribution in [0.15, 0.2) is 29.2 Å². The summed E-state index contributed by atoms with van der Waals surface area (Å²) in [4.78, 5) is 14.4. The summed E-state index contributed by atoms with van der Waals surface area (Å²) in [5, 5.41) is 9.78. The van der Waals surface area contributed by atoms with Gasteiger partial charge in [-0.15, -0.1) is 0 Å². The number of amides is 1. The largest absolute Gasteiger partial charge is 0.487 e. The Balaban J connectivity index is 1.73. The summed E-state index contributed by atoms with van der Waals surface area (Å²) in [7, 11) is -2.06. The molecule has 2 aliphatic carbocycles. The molecule has 0 unspecified atom stereocenters. The average Bonchev–Trinajstić information content (AvgIpc) is 3.66. The van der Waals surface area contributed by atoms with Gasteiger partial charge in [-0.25, -0.2) is 8.42 Å². The van der Waals surface area contributed by atoms with E-state index in [-0.39, 0.29) is 41.9 Å². The Bertz CT molecular complexity index is 1020. The number of benzene rings is 1. The van der Waals surface area contributed by atoms with Crippen LogP contribution in [0, 0.1) is 11.8 Å². The summed E-state index contributed by atoms with van der Waals surface area (Å²) in [6, 6.07) is 4.79. The molecule has 1 saturated carbocycles. The van der Waals surface area contributed by atoms with Crippen molar-refractivity contribution in [2.75, 3.05) is 26.7 Å². The van der Waals surface area contributed by atoms with E-state index in [0.717, 1.165) is 37.7 Å². The number of hydrogen-bond acceptors (Lipinski definition) is 5. The lowest BCUT2D eigenvalue weighted by Gasteiger charge is -2.37. The lowest BCUT2D eigenvalue weighted by Crippen LogP contribution is -2.50. The Kier molecular flexibility index (Phi) is 7.17. The van der Waals surface area contributed by atoms with E-state index in [2.05, 4.69) is 6.08 Å². The van der Waals surface area contributed by atoms with Crippen LogP contribution >= 0.6 is 0 Å². The monoisotopic (exact) mass is 476 g/mol. The first-order chi connectivity index (χ1) is 15.7. The molecular weight excluding hydrogens is 440 g/mol. The molecule has 182 valence electrons. The highest BCUT2D eigenvalue weighted by Gasteiger charge is 2.39. The first-order valence-electron chi connectivity index (χ1n) is 12.1. The van der Waals surface area contributed by atoms with Crippen molar-refractivity contribution in [3.63, 3.8) is 0 Å². The molecule has 1 heterocycles. The van der Waals surface area contributed by atoms with Crippen LogP contribution in [0.3, 0.4) is 0 Å². The topological polar surface area (TPSA) is 87.2 Å². The smallest absolute Gasteiger partial charge is 0.247 e. The molecule has 4 rings (SSSR count). The number of aliphatic hydroxyl groups excluding tert-OH is 1. The molecule has 1 amide bonds. The summed E-state index contributed by atoms with van der Waals surface area (Å²) in [6.07, 6.45) is 8.03. The predicted octanol–water partition coefficient (Wildman–Crippen LogP) is 3.28. The highest BCUT2D eigenvalue weighted by Crippen LogP contribution is 2.37. The van der Waals surface area contributed by atoms with Gasteiger partial charge in [-0.2, -0.15) is 4.31 Å². The van der Waals surface area contributed by atoms with Crippen LogP contribution in [0.2, 0.25) is 0 Å². The minimum absolute atomic E-state index is 0.113. The molecule has 7 nitrogen and oxygen atoms in total. The molecule has 33 heavy (non-hydrogen) atoms. The molecule has 8 heteroatoms. The van der Waals surface area contributed by atoms with E-state index in [1.54, 1.807) is 24.9 Å². The van der Waals surface area contributed by atoms with Gasteiger partial charge in [0.15, 0.2) is 0 Å². The van der Waals surface area contributed by atoms with Gasteiger partial charge in [0.2, 0.25) is 15.9 Å². The number of nitrogens with zero attached hydrogens (tertiary/aromatic N) is 2. The van der Waals surface area contributed by atoms with Crippen LogP contribution in [0.1, 0.15) is 57.9 Å². The third-order valence-corrected chi connectivity index (χ3v) is 9.11. The van der Waals surface area contributed by atoms with E-state index in [1.165, 1.54) is 16.3 Å². The van der Waals surface area contributed by atoms with Crippen LogP contribution in [-0.4, -0.2) is 67.5 Å². The molecule has 1 N–H and O–H groups in total. The zero-order valence-corrected chi connectivity index (χ0v) is 20.7. The fraction of sp³-hybridized carbons (Fsp3) is 0.640. The lowest BCUT2D eigenvalue weighted by atomic mass is 9.93. The van der Waals surface area contributed by atoms with Gasteiger partial charge < -0.3 is 14.7 Å². The Morgan fingerprint density at radius 2 is 2.06 bits per heavy atom. The van der Waals surface area contributed by atoms with E-state index in [1.807, 2.05) is 19.1 Å². The molecular formula is C25H36N2O5S. The summed E-state index contributed by atoms with van der Waals surface area (Å²) >= 11 is 0. The number of carbonyl (C=O) groups is 1. The summed E-state index contributed by atoms with van der Waals surface area (Å²) in [6.45, 7) is 4.01. The van der Waals surface area contributed by atoms with Crippen LogP contribution in [-0.2, 0) is 14.8 Å². The van der Waals surface area contributed by atoms with E-state index in [9.17, 15) is 18.3 Å². The van der Waals surface area contributed by atoms with Gasteiger partial charge in [0.05, 0.1) is 13.2 Å². The van der Waals surface area contributed by atoms with Crippen LogP contribution in [0.4, 0.5) is 0 Å². The van der Waals surface area contributed by atoms with Gasteiger partial charge >= 0.3 is 0 Å². The third-order valence-electron chi connectivity index (χ3n) is 7.09. The molecule has 0 aromatic heterocycles. The first kappa shape index (κ1) is 24.2. The average molecular weight is 477 g/mol. The Morgan fingerprint density at radius 1 is 1.30 bits per heavy atom. The maximum Gasteiger partial charge on any atom is 0.247 e. The van der Waals surface area contributed by atoms with E-state index >= 15 is 0 Å². The quantitative estimate of drug-likeness (QED) is 0.681. The molecule has 1 aromatic rings. The van der Waals surface area contributed by atoms with Crippen molar-refractivity contribution in [1.82, 2.24) is 9.21 Å². The Morgan fingerprint density at radius 3 is 2.70 bits per heavy atom. The Hall–Kier alpha value is -1.90. The number of ether oxygens (including phenoxy) is 1. The van der Waals surface area contributed by atoms with Gasteiger partial charge in [0, 0.05) is 31.5 Å². The van der Waals surface area contributed by atoms with Gasteiger partial charge in [-0.05, 0) is 68.7 Å². The van der Waals surface area contributed by atoms with Crippen molar-refractivity contribution < 1.29 is 23.1 Å². The standard InChI is InChI=1S/C25H36N2O5S/c1-17-14-27(18(2)16-28)33(30,31)24-12-11-21(19-7-5-4-6-8-19)13-22(24)32-23(17)15-26(3)25(29)20-9-10-20/h7,11-13,17-18,20,23,28H,4-6,8-10,14-16H2,1-3H3/t17-,18-,23+/m1/s1. The van der Waals surface area contributed by atoms with Crippen molar-refractivity contribution in [2.45, 2.75) is 69.4 Å². The van der Waals surface area contributed by atoms with E-state index in [4.69, 9.17) is 4.74 Å². The zero-order valence-electron chi connectivity index (χ0n) is 19.9. The second-order valence-corrected chi connectivity index (χ2v) is 11.7. The third kappa shape index (κ3) is 5.12. The van der Waals surface area contributed by atoms with E-state index in [0.29, 0.717) is 12.3 Å². The minimum atomic E-state index is -3.86.